The van der Waals surface area contributed by atoms with Crippen molar-refractivity contribution in [3.05, 3.63) is 57.0 Å². The molecular formula is C13H8Br2F2. The lowest BCUT2D eigenvalue weighted by molar-refractivity contribution is 0.152. The Morgan fingerprint density at radius 1 is 0.882 bits per heavy atom. The summed E-state index contributed by atoms with van der Waals surface area (Å²) in [4.78, 5) is 0. The second kappa shape index (κ2) is 5.27. The van der Waals surface area contributed by atoms with Crippen molar-refractivity contribution in [1.82, 2.24) is 0 Å². The first kappa shape index (κ1) is 12.7. The minimum absolute atomic E-state index is 0.0393. The minimum Gasteiger partial charge on any atom is -0.205 e. The third-order valence-corrected chi connectivity index (χ3v) is 3.37. The van der Waals surface area contributed by atoms with Crippen LogP contribution in [0.4, 0.5) is 8.78 Å². The number of rotatable bonds is 2. The average Bonchev–Trinajstić information content (AvgIpc) is 2.28. The molecule has 0 saturated heterocycles. The first-order valence-corrected chi connectivity index (χ1v) is 6.50. The summed E-state index contributed by atoms with van der Waals surface area (Å²) in [6, 6.07) is 12.3. The van der Waals surface area contributed by atoms with Crippen LogP contribution in [0.25, 0.3) is 11.1 Å². The monoisotopic (exact) mass is 360 g/mol. The van der Waals surface area contributed by atoms with Crippen LogP contribution in [0.2, 0.25) is 0 Å². The van der Waals surface area contributed by atoms with Crippen LogP contribution in [0.1, 0.15) is 12.0 Å². The van der Waals surface area contributed by atoms with Crippen molar-refractivity contribution < 1.29 is 8.78 Å². The van der Waals surface area contributed by atoms with Gasteiger partial charge in [-0.1, -0.05) is 50.1 Å². The van der Waals surface area contributed by atoms with E-state index in [9.17, 15) is 8.78 Å². The Kier molecular flexibility index (Phi) is 3.94. The molecule has 0 aromatic heterocycles. The Morgan fingerprint density at radius 2 is 1.59 bits per heavy atom. The highest BCUT2D eigenvalue weighted by atomic mass is 79.9. The maximum atomic E-state index is 13.0. The molecule has 0 unspecified atom stereocenters. The molecule has 0 spiro atoms. The van der Waals surface area contributed by atoms with Gasteiger partial charge in [-0.25, -0.2) is 8.78 Å². The summed E-state index contributed by atoms with van der Waals surface area (Å²) in [6.07, 6.45) is -2.48. The van der Waals surface area contributed by atoms with Gasteiger partial charge in [-0.3, -0.25) is 0 Å². The molecule has 0 heterocycles. The van der Waals surface area contributed by atoms with E-state index in [1.54, 1.807) is 12.1 Å². The third kappa shape index (κ3) is 2.93. The number of hydrogen-bond acceptors (Lipinski definition) is 0. The van der Waals surface area contributed by atoms with E-state index in [0.717, 1.165) is 10.0 Å². The summed E-state index contributed by atoms with van der Waals surface area (Å²) in [5, 5.41) is 0. The Labute approximate surface area is 115 Å². The molecule has 0 bridgehead atoms. The van der Waals surface area contributed by atoms with E-state index in [4.69, 9.17) is 0 Å². The lowest BCUT2D eigenvalue weighted by atomic mass is 10.0. The van der Waals surface area contributed by atoms with Gasteiger partial charge in [-0.05, 0) is 35.4 Å². The molecule has 0 amide bonds. The van der Waals surface area contributed by atoms with E-state index >= 15 is 0 Å². The van der Waals surface area contributed by atoms with Crippen molar-refractivity contribution in [2.24, 2.45) is 0 Å². The van der Waals surface area contributed by atoms with Crippen LogP contribution in [0, 0.1) is 0 Å². The van der Waals surface area contributed by atoms with E-state index < -0.39 is 6.43 Å². The molecule has 0 fully saturated rings. The Balaban J connectivity index is 2.59. The van der Waals surface area contributed by atoms with Crippen LogP contribution < -0.4 is 0 Å². The number of hydrogen-bond donors (Lipinski definition) is 0. The summed E-state index contributed by atoms with van der Waals surface area (Å²) in [7, 11) is 0. The second-order valence-corrected chi connectivity index (χ2v) is 5.37. The second-order valence-electron chi connectivity index (χ2n) is 3.54. The number of benzene rings is 2. The highest BCUT2D eigenvalue weighted by molar-refractivity contribution is 9.10. The van der Waals surface area contributed by atoms with Gasteiger partial charge >= 0.3 is 0 Å². The predicted octanol–water partition coefficient (Wildman–Crippen LogP) is 5.82. The molecule has 0 radical (unpaired) electrons. The van der Waals surface area contributed by atoms with Crippen molar-refractivity contribution in [2.75, 3.05) is 0 Å². The number of alkyl halides is 2. The summed E-state index contributed by atoms with van der Waals surface area (Å²) in [5.41, 5.74) is 1.38. The molecule has 0 N–H and O–H groups in total. The van der Waals surface area contributed by atoms with Crippen LogP contribution in [0.3, 0.4) is 0 Å². The first-order valence-electron chi connectivity index (χ1n) is 4.91. The summed E-state index contributed by atoms with van der Waals surface area (Å²) in [6.45, 7) is 0. The van der Waals surface area contributed by atoms with Crippen molar-refractivity contribution in [3.8, 4) is 11.1 Å². The van der Waals surface area contributed by atoms with Gasteiger partial charge in [0.25, 0.3) is 6.43 Å². The fraction of sp³-hybridized carbons (Fsp3) is 0.0769. The van der Waals surface area contributed by atoms with Crippen molar-refractivity contribution >= 4 is 31.9 Å². The Hall–Kier alpha value is -0.740. The fourth-order valence-corrected chi connectivity index (χ4v) is 2.41. The van der Waals surface area contributed by atoms with E-state index in [1.165, 1.54) is 6.07 Å². The van der Waals surface area contributed by atoms with Crippen LogP contribution in [0.5, 0.6) is 0 Å². The third-order valence-electron chi connectivity index (χ3n) is 2.38. The lowest BCUT2D eigenvalue weighted by Gasteiger charge is -2.10. The molecule has 0 saturated carbocycles. The predicted molar refractivity (Wildman–Crippen MR) is 72.2 cm³/mol. The molecule has 0 aliphatic heterocycles. The fourth-order valence-electron chi connectivity index (χ4n) is 1.63. The van der Waals surface area contributed by atoms with E-state index in [0.29, 0.717) is 10.0 Å². The molecule has 88 valence electrons. The van der Waals surface area contributed by atoms with Crippen molar-refractivity contribution in [2.45, 2.75) is 6.43 Å². The molecule has 2 aromatic carbocycles. The quantitative estimate of drug-likeness (QED) is 0.632. The minimum atomic E-state index is -2.48. The normalized spacial score (nSPS) is 10.9. The van der Waals surface area contributed by atoms with Gasteiger partial charge in [0.2, 0.25) is 0 Å². The average molecular weight is 362 g/mol. The zero-order chi connectivity index (χ0) is 12.4. The number of halogens is 4. The standard InChI is InChI=1S/C13H8Br2F2/c14-9-3-1-2-8(6-9)11-5-4-10(15)7-12(11)13(16)17/h1-7,13H. The molecule has 0 aliphatic rings. The van der Waals surface area contributed by atoms with Crippen LogP contribution >= 0.6 is 31.9 Å². The van der Waals surface area contributed by atoms with Gasteiger partial charge in [0, 0.05) is 14.5 Å². The highest BCUT2D eigenvalue weighted by Crippen LogP contribution is 2.34. The maximum Gasteiger partial charge on any atom is 0.264 e. The molecule has 0 aliphatic carbocycles. The van der Waals surface area contributed by atoms with Gasteiger partial charge in [0.05, 0.1) is 0 Å². The van der Waals surface area contributed by atoms with Crippen LogP contribution in [-0.4, -0.2) is 0 Å². The van der Waals surface area contributed by atoms with Crippen LogP contribution in [-0.2, 0) is 0 Å². The maximum absolute atomic E-state index is 13.0. The molecule has 2 aromatic rings. The van der Waals surface area contributed by atoms with Crippen molar-refractivity contribution in [1.29, 1.82) is 0 Å². The molecule has 17 heavy (non-hydrogen) atoms. The molecule has 0 nitrogen and oxygen atoms in total. The summed E-state index contributed by atoms with van der Waals surface area (Å²) in [5.74, 6) is 0. The van der Waals surface area contributed by atoms with E-state index in [2.05, 4.69) is 31.9 Å². The van der Waals surface area contributed by atoms with Gasteiger partial charge in [0.1, 0.15) is 0 Å². The summed E-state index contributed by atoms with van der Waals surface area (Å²) < 4.78 is 27.5. The smallest absolute Gasteiger partial charge is 0.205 e. The first-order chi connectivity index (χ1) is 8.08. The topological polar surface area (TPSA) is 0 Å². The Bertz CT molecular complexity index is 539. The highest BCUT2D eigenvalue weighted by Gasteiger charge is 2.14. The van der Waals surface area contributed by atoms with E-state index in [1.807, 2.05) is 24.3 Å². The molecule has 0 atom stereocenters. The lowest BCUT2D eigenvalue weighted by Crippen LogP contribution is -1.90. The van der Waals surface area contributed by atoms with Gasteiger partial charge < -0.3 is 0 Å². The SMILES string of the molecule is FC(F)c1cc(Br)ccc1-c1cccc(Br)c1. The van der Waals surface area contributed by atoms with E-state index in [-0.39, 0.29) is 5.56 Å². The van der Waals surface area contributed by atoms with Gasteiger partial charge in [-0.15, -0.1) is 0 Å². The van der Waals surface area contributed by atoms with Gasteiger partial charge in [-0.2, -0.15) is 0 Å². The molecule has 4 heteroatoms. The van der Waals surface area contributed by atoms with Crippen LogP contribution in [0.15, 0.2) is 51.4 Å². The largest absolute Gasteiger partial charge is 0.264 e. The van der Waals surface area contributed by atoms with Gasteiger partial charge in [0.15, 0.2) is 0 Å². The summed E-state index contributed by atoms with van der Waals surface area (Å²) >= 11 is 6.55. The zero-order valence-electron chi connectivity index (χ0n) is 8.63. The molecule has 2 rings (SSSR count). The molecular weight excluding hydrogens is 354 g/mol. The Morgan fingerprint density at radius 3 is 2.24 bits per heavy atom. The zero-order valence-corrected chi connectivity index (χ0v) is 11.8. The van der Waals surface area contributed by atoms with Crippen molar-refractivity contribution in [3.63, 3.8) is 0 Å².